The summed E-state index contributed by atoms with van der Waals surface area (Å²) in [5.74, 6) is 0. The van der Waals surface area contributed by atoms with Crippen molar-refractivity contribution in [3.63, 3.8) is 0 Å². The van der Waals surface area contributed by atoms with Crippen molar-refractivity contribution in [2.24, 2.45) is 0 Å². The van der Waals surface area contributed by atoms with Crippen molar-refractivity contribution in [2.75, 3.05) is 5.32 Å². The van der Waals surface area contributed by atoms with Crippen molar-refractivity contribution in [1.82, 2.24) is 9.55 Å². The minimum Gasteiger partial charge on any atom is -0.379 e. The van der Waals surface area contributed by atoms with Crippen molar-refractivity contribution in [1.29, 1.82) is 5.26 Å². The molecule has 0 spiro atoms. The lowest BCUT2D eigenvalue weighted by Crippen LogP contribution is -2.05. The minimum atomic E-state index is 0.467. The first-order chi connectivity index (χ1) is 9.36. The molecule has 1 heterocycles. The molecule has 1 aromatic carbocycles. The lowest BCUT2D eigenvalue weighted by Gasteiger charge is -2.09. The predicted molar refractivity (Wildman–Crippen MR) is 73.6 cm³/mol. The lowest BCUT2D eigenvalue weighted by atomic mass is 10.1. The van der Waals surface area contributed by atoms with Crippen LogP contribution in [0, 0.1) is 11.3 Å². The van der Waals surface area contributed by atoms with Gasteiger partial charge in [-0.3, -0.25) is 0 Å². The average Bonchev–Trinajstić information content (AvgIpc) is 3.17. The Morgan fingerprint density at radius 1 is 1.32 bits per heavy atom. The van der Waals surface area contributed by atoms with Gasteiger partial charge in [-0.15, -0.1) is 0 Å². The van der Waals surface area contributed by atoms with Gasteiger partial charge in [-0.2, -0.15) is 5.26 Å². The fourth-order valence-corrected chi connectivity index (χ4v) is 2.17. The number of nitrogens with one attached hydrogen (secondary N) is 1. The third-order valence-corrected chi connectivity index (χ3v) is 3.40. The van der Waals surface area contributed by atoms with Gasteiger partial charge in [-0.05, 0) is 30.5 Å². The SMILES string of the molecule is N#CCc1ccc(NCc2cncn2C2CC2)cc1. The Morgan fingerprint density at radius 2 is 2.11 bits per heavy atom. The van der Waals surface area contributed by atoms with Gasteiger partial charge in [0.05, 0.1) is 31.1 Å². The maximum atomic E-state index is 8.63. The fourth-order valence-electron chi connectivity index (χ4n) is 2.17. The smallest absolute Gasteiger partial charge is 0.0951 e. The van der Waals surface area contributed by atoms with Crippen LogP contribution >= 0.6 is 0 Å². The summed E-state index contributed by atoms with van der Waals surface area (Å²) in [5.41, 5.74) is 3.35. The Hall–Kier alpha value is -2.28. The molecule has 1 N–H and O–H groups in total. The third kappa shape index (κ3) is 2.76. The number of rotatable bonds is 5. The predicted octanol–water partition coefficient (Wildman–Crippen LogP) is 2.90. The molecule has 96 valence electrons. The molecule has 1 fully saturated rings. The first-order valence-electron chi connectivity index (χ1n) is 6.57. The Kier molecular flexibility index (Phi) is 3.20. The van der Waals surface area contributed by atoms with Crippen LogP contribution < -0.4 is 5.32 Å². The highest BCUT2D eigenvalue weighted by atomic mass is 15.1. The standard InChI is InChI=1S/C15H16N4/c16-8-7-12-1-3-13(4-2-12)18-10-15-9-17-11-19(15)14-5-6-14/h1-4,9,11,14,18H,5-7,10H2. The zero-order valence-electron chi connectivity index (χ0n) is 10.7. The number of benzene rings is 1. The summed E-state index contributed by atoms with van der Waals surface area (Å²) in [7, 11) is 0. The van der Waals surface area contributed by atoms with Gasteiger partial charge in [0, 0.05) is 17.9 Å². The second-order valence-corrected chi connectivity index (χ2v) is 4.91. The van der Waals surface area contributed by atoms with Crippen LogP contribution in [0.3, 0.4) is 0 Å². The molecular weight excluding hydrogens is 236 g/mol. The molecule has 1 saturated carbocycles. The van der Waals surface area contributed by atoms with Crippen LogP contribution in [0.2, 0.25) is 0 Å². The molecule has 2 aromatic rings. The summed E-state index contributed by atoms with van der Waals surface area (Å²) in [5, 5.41) is 12.0. The highest BCUT2D eigenvalue weighted by Crippen LogP contribution is 2.35. The normalized spacial score (nSPS) is 14.1. The van der Waals surface area contributed by atoms with Crippen molar-refractivity contribution in [2.45, 2.75) is 31.8 Å². The zero-order valence-corrected chi connectivity index (χ0v) is 10.7. The van der Waals surface area contributed by atoms with Crippen LogP contribution in [0.1, 0.15) is 30.1 Å². The van der Waals surface area contributed by atoms with Crippen molar-refractivity contribution in [3.05, 3.63) is 48.0 Å². The minimum absolute atomic E-state index is 0.467. The maximum Gasteiger partial charge on any atom is 0.0951 e. The molecular formula is C15H16N4. The highest BCUT2D eigenvalue weighted by Gasteiger charge is 2.24. The largest absolute Gasteiger partial charge is 0.379 e. The van der Waals surface area contributed by atoms with Crippen LogP contribution in [0.5, 0.6) is 0 Å². The van der Waals surface area contributed by atoms with Gasteiger partial charge in [0.2, 0.25) is 0 Å². The number of anilines is 1. The topological polar surface area (TPSA) is 53.6 Å². The molecule has 0 amide bonds. The van der Waals surface area contributed by atoms with E-state index in [1.165, 1.54) is 18.5 Å². The number of hydrogen-bond acceptors (Lipinski definition) is 3. The Balaban J connectivity index is 1.62. The van der Waals surface area contributed by atoms with E-state index in [1.54, 1.807) is 0 Å². The maximum absolute atomic E-state index is 8.63. The van der Waals surface area contributed by atoms with E-state index in [0.717, 1.165) is 17.8 Å². The van der Waals surface area contributed by atoms with Crippen LogP contribution in [0.4, 0.5) is 5.69 Å². The summed E-state index contributed by atoms with van der Waals surface area (Å²) >= 11 is 0. The van der Waals surface area contributed by atoms with Gasteiger partial charge < -0.3 is 9.88 Å². The summed E-state index contributed by atoms with van der Waals surface area (Å²) in [4.78, 5) is 4.22. The quantitative estimate of drug-likeness (QED) is 0.890. The van der Waals surface area contributed by atoms with E-state index in [1.807, 2.05) is 36.8 Å². The molecule has 1 aromatic heterocycles. The van der Waals surface area contributed by atoms with Gasteiger partial charge in [0.15, 0.2) is 0 Å². The van der Waals surface area contributed by atoms with E-state index >= 15 is 0 Å². The number of aromatic nitrogens is 2. The molecule has 19 heavy (non-hydrogen) atoms. The summed E-state index contributed by atoms with van der Waals surface area (Å²) in [6.45, 7) is 0.786. The van der Waals surface area contributed by atoms with Crippen LogP contribution in [0.25, 0.3) is 0 Å². The highest BCUT2D eigenvalue weighted by molar-refractivity contribution is 5.45. The van der Waals surface area contributed by atoms with E-state index < -0.39 is 0 Å². The molecule has 3 rings (SSSR count). The van der Waals surface area contributed by atoms with Crippen LogP contribution in [-0.2, 0) is 13.0 Å². The molecule has 0 aliphatic heterocycles. The third-order valence-electron chi connectivity index (χ3n) is 3.40. The summed E-state index contributed by atoms with van der Waals surface area (Å²) in [6.07, 6.45) is 6.85. The van der Waals surface area contributed by atoms with E-state index in [4.69, 9.17) is 5.26 Å². The van der Waals surface area contributed by atoms with E-state index in [9.17, 15) is 0 Å². The van der Waals surface area contributed by atoms with Gasteiger partial charge in [-0.1, -0.05) is 12.1 Å². The molecule has 0 bridgehead atoms. The van der Waals surface area contributed by atoms with Crippen molar-refractivity contribution >= 4 is 5.69 Å². The average molecular weight is 252 g/mol. The van der Waals surface area contributed by atoms with Gasteiger partial charge in [0.1, 0.15) is 0 Å². The Labute approximate surface area is 112 Å². The summed E-state index contributed by atoms with van der Waals surface area (Å²) < 4.78 is 2.26. The second-order valence-electron chi connectivity index (χ2n) is 4.91. The Morgan fingerprint density at radius 3 is 2.79 bits per heavy atom. The molecule has 0 atom stereocenters. The molecule has 0 radical (unpaired) electrons. The van der Waals surface area contributed by atoms with Crippen molar-refractivity contribution in [3.8, 4) is 6.07 Å². The first kappa shape index (κ1) is 11.8. The number of imidazole rings is 1. The van der Waals surface area contributed by atoms with Gasteiger partial charge >= 0.3 is 0 Å². The van der Waals surface area contributed by atoms with Gasteiger partial charge in [-0.25, -0.2) is 4.98 Å². The van der Waals surface area contributed by atoms with Crippen LogP contribution in [0.15, 0.2) is 36.8 Å². The molecule has 1 aliphatic rings. The Bertz CT molecular complexity index is 587. The molecule has 0 unspecified atom stereocenters. The summed E-state index contributed by atoms with van der Waals surface area (Å²) in [6, 6.07) is 10.8. The van der Waals surface area contributed by atoms with Crippen LogP contribution in [-0.4, -0.2) is 9.55 Å². The zero-order chi connectivity index (χ0) is 13.1. The fraction of sp³-hybridized carbons (Fsp3) is 0.333. The first-order valence-corrected chi connectivity index (χ1v) is 6.57. The monoisotopic (exact) mass is 252 g/mol. The van der Waals surface area contributed by atoms with E-state index in [-0.39, 0.29) is 0 Å². The molecule has 1 aliphatic carbocycles. The molecule has 4 heteroatoms. The number of nitriles is 1. The van der Waals surface area contributed by atoms with Crippen molar-refractivity contribution < 1.29 is 0 Å². The lowest BCUT2D eigenvalue weighted by molar-refractivity contribution is 0.701. The number of hydrogen-bond donors (Lipinski definition) is 1. The van der Waals surface area contributed by atoms with E-state index in [2.05, 4.69) is 20.9 Å². The molecule has 0 saturated heterocycles. The van der Waals surface area contributed by atoms with Gasteiger partial charge in [0.25, 0.3) is 0 Å². The second kappa shape index (κ2) is 5.15. The van der Waals surface area contributed by atoms with E-state index in [0.29, 0.717) is 12.5 Å². The molecule has 4 nitrogen and oxygen atoms in total. The number of nitrogens with zero attached hydrogens (tertiary/aromatic N) is 3.